The van der Waals surface area contributed by atoms with E-state index in [1.165, 1.54) is 0 Å². The summed E-state index contributed by atoms with van der Waals surface area (Å²) in [7, 11) is 3.22. The summed E-state index contributed by atoms with van der Waals surface area (Å²) in [5.74, 6) is 2.13. The van der Waals surface area contributed by atoms with Crippen molar-refractivity contribution in [2.45, 2.75) is 32.6 Å². The largest absolute Gasteiger partial charge is 0.493 e. The topological polar surface area (TPSA) is 38.8 Å². The van der Waals surface area contributed by atoms with E-state index in [1.54, 1.807) is 14.2 Å². The van der Waals surface area contributed by atoms with Crippen molar-refractivity contribution in [1.29, 1.82) is 0 Å². The first-order valence-corrected chi connectivity index (χ1v) is 7.57. The number of hydrogen-bond acceptors (Lipinski definition) is 3. The third kappa shape index (κ3) is 3.49. The molecule has 21 heavy (non-hydrogen) atoms. The van der Waals surface area contributed by atoms with Gasteiger partial charge >= 0.3 is 0 Å². The van der Waals surface area contributed by atoms with Gasteiger partial charge in [0.1, 0.15) is 0 Å². The van der Waals surface area contributed by atoms with Gasteiger partial charge in [0.2, 0.25) is 5.91 Å². The highest BCUT2D eigenvalue weighted by molar-refractivity contribution is 5.83. The number of rotatable bonds is 4. The lowest BCUT2D eigenvalue weighted by Crippen LogP contribution is -2.40. The maximum atomic E-state index is 12.6. The van der Waals surface area contributed by atoms with Crippen LogP contribution in [0.25, 0.3) is 0 Å². The first-order chi connectivity index (χ1) is 10.1. The third-order valence-corrected chi connectivity index (χ3v) is 4.37. The number of nitrogens with zero attached hydrogens (tertiary/aromatic N) is 1. The molecule has 4 nitrogen and oxygen atoms in total. The van der Waals surface area contributed by atoms with Crippen molar-refractivity contribution in [3.63, 3.8) is 0 Å². The smallest absolute Gasteiger partial charge is 0.229 e. The van der Waals surface area contributed by atoms with Gasteiger partial charge in [-0.3, -0.25) is 4.79 Å². The van der Waals surface area contributed by atoms with Gasteiger partial charge in [0.25, 0.3) is 0 Å². The minimum atomic E-state index is -0.154. The average molecular weight is 291 g/mol. The zero-order valence-corrected chi connectivity index (χ0v) is 13.4. The molecule has 1 fully saturated rings. The molecule has 1 aliphatic rings. The number of carbonyl (C=O) groups excluding carboxylic acids is 1. The van der Waals surface area contributed by atoms with Gasteiger partial charge in [-0.25, -0.2) is 0 Å². The summed E-state index contributed by atoms with van der Waals surface area (Å²) in [6.07, 6.45) is 2.20. The minimum Gasteiger partial charge on any atom is -0.493 e. The maximum Gasteiger partial charge on any atom is 0.229 e. The second-order valence-electron chi connectivity index (χ2n) is 5.84. The maximum absolute atomic E-state index is 12.6. The number of amides is 1. The molecule has 1 unspecified atom stereocenters. The number of likely N-dealkylation sites (tertiary alicyclic amines) is 1. The molecule has 1 aromatic carbocycles. The number of methoxy groups -OCH3 is 2. The number of piperidine rings is 1. The summed E-state index contributed by atoms with van der Waals surface area (Å²) in [4.78, 5) is 14.6. The highest BCUT2D eigenvalue weighted by Gasteiger charge is 2.25. The first-order valence-electron chi connectivity index (χ1n) is 7.57. The Labute approximate surface area is 127 Å². The van der Waals surface area contributed by atoms with Crippen molar-refractivity contribution < 1.29 is 14.3 Å². The normalized spacial score (nSPS) is 17.4. The molecular weight excluding hydrogens is 266 g/mol. The van der Waals surface area contributed by atoms with Crippen LogP contribution in [-0.4, -0.2) is 38.1 Å². The predicted molar refractivity (Wildman–Crippen MR) is 82.9 cm³/mol. The number of ether oxygens (including phenoxy) is 2. The van der Waals surface area contributed by atoms with Gasteiger partial charge in [0.15, 0.2) is 11.5 Å². The van der Waals surface area contributed by atoms with Crippen LogP contribution >= 0.6 is 0 Å². The zero-order valence-electron chi connectivity index (χ0n) is 13.4. The lowest BCUT2D eigenvalue weighted by atomic mass is 9.95. The minimum absolute atomic E-state index is 0.154. The van der Waals surface area contributed by atoms with E-state index in [4.69, 9.17) is 9.47 Å². The van der Waals surface area contributed by atoms with Crippen LogP contribution in [0.2, 0.25) is 0 Å². The summed E-state index contributed by atoms with van der Waals surface area (Å²) in [6.45, 7) is 5.95. The average Bonchev–Trinajstić information content (AvgIpc) is 2.53. The van der Waals surface area contributed by atoms with Crippen molar-refractivity contribution >= 4 is 5.91 Å². The SMILES string of the molecule is COc1ccc(C(C)C(=O)N2CCC(C)CC2)cc1OC. The van der Waals surface area contributed by atoms with E-state index in [-0.39, 0.29) is 11.8 Å². The highest BCUT2D eigenvalue weighted by Crippen LogP contribution is 2.31. The Hall–Kier alpha value is -1.71. The Morgan fingerprint density at radius 1 is 1.19 bits per heavy atom. The van der Waals surface area contributed by atoms with E-state index in [0.717, 1.165) is 37.4 Å². The molecule has 1 amide bonds. The van der Waals surface area contributed by atoms with Gasteiger partial charge in [-0.1, -0.05) is 13.0 Å². The lowest BCUT2D eigenvalue weighted by molar-refractivity contribution is -0.133. The summed E-state index contributed by atoms with van der Waals surface area (Å²) in [5.41, 5.74) is 0.969. The Morgan fingerprint density at radius 2 is 1.81 bits per heavy atom. The molecule has 0 aliphatic carbocycles. The Morgan fingerprint density at radius 3 is 2.38 bits per heavy atom. The van der Waals surface area contributed by atoms with Gasteiger partial charge in [0, 0.05) is 13.1 Å². The first kappa shape index (κ1) is 15.7. The molecule has 0 bridgehead atoms. The van der Waals surface area contributed by atoms with Crippen LogP contribution < -0.4 is 9.47 Å². The fourth-order valence-electron chi connectivity index (χ4n) is 2.77. The van der Waals surface area contributed by atoms with Crippen LogP contribution in [0, 0.1) is 5.92 Å². The highest BCUT2D eigenvalue weighted by atomic mass is 16.5. The predicted octanol–water partition coefficient (Wildman–Crippen LogP) is 3.07. The Balaban J connectivity index is 2.12. The fourth-order valence-corrected chi connectivity index (χ4v) is 2.77. The van der Waals surface area contributed by atoms with E-state index in [1.807, 2.05) is 30.0 Å². The summed E-state index contributed by atoms with van der Waals surface area (Å²) in [6, 6.07) is 5.70. The molecule has 1 atom stereocenters. The third-order valence-electron chi connectivity index (χ3n) is 4.37. The molecular formula is C17H25NO3. The molecule has 0 spiro atoms. The van der Waals surface area contributed by atoms with Crippen LogP contribution in [0.3, 0.4) is 0 Å². The van der Waals surface area contributed by atoms with Gasteiger partial charge in [0.05, 0.1) is 20.1 Å². The van der Waals surface area contributed by atoms with Gasteiger partial charge in [-0.15, -0.1) is 0 Å². The second kappa shape index (κ2) is 6.83. The van der Waals surface area contributed by atoms with Crippen LogP contribution in [0.15, 0.2) is 18.2 Å². The van der Waals surface area contributed by atoms with Gasteiger partial charge in [-0.2, -0.15) is 0 Å². The number of benzene rings is 1. The molecule has 0 N–H and O–H groups in total. The zero-order chi connectivity index (χ0) is 15.4. The van der Waals surface area contributed by atoms with Crippen LogP contribution in [-0.2, 0) is 4.79 Å². The number of carbonyl (C=O) groups is 1. The molecule has 4 heteroatoms. The van der Waals surface area contributed by atoms with Gasteiger partial charge < -0.3 is 14.4 Å². The molecule has 1 aliphatic heterocycles. The van der Waals surface area contributed by atoms with Crippen molar-refractivity contribution in [3.8, 4) is 11.5 Å². The second-order valence-corrected chi connectivity index (χ2v) is 5.84. The molecule has 0 saturated carbocycles. The Kier molecular flexibility index (Phi) is 5.10. The molecule has 1 saturated heterocycles. The monoisotopic (exact) mass is 291 g/mol. The summed E-state index contributed by atoms with van der Waals surface area (Å²) in [5, 5.41) is 0. The fraction of sp³-hybridized carbons (Fsp3) is 0.588. The quantitative estimate of drug-likeness (QED) is 0.856. The van der Waals surface area contributed by atoms with Crippen LogP contribution in [0.4, 0.5) is 0 Å². The van der Waals surface area contributed by atoms with E-state index in [2.05, 4.69) is 6.92 Å². The molecule has 1 aromatic rings. The molecule has 1 heterocycles. The van der Waals surface area contributed by atoms with E-state index < -0.39 is 0 Å². The lowest BCUT2D eigenvalue weighted by Gasteiger charge is -2.32. The molecule has 0 radical (unpaired) electrons. The van der Waals surface area contributed by atoms with E-state index >= 15 is 0 Å². The van der Waals surface area contributed by atoms with Gasteiger partial charge in [-0.05, 0) is 43.4 Å². The summed E-state index contributed by atoms with van der Waals surface area (Å²) >= 11 is 0. The molecule has 0 aromatic heterocycles. The summed E-state index contributed by atoms with van der Waals surface area (Å²) < 4.78 is 10.6. The van der Waals surface area contributed by atoms with E-state index in [9.17, 15) is 4.79 Å². The van der Waals surface area contributed by atoms with Crippen molar-refractivity contribution in [2.75, 3.05) is 27.3 Å². The van der Waals surface area contributed by atoms with Crippen LogP contribution in [0.1, 0.15) is 38.2 Å². The Bertz CT molecular complexity index is 493. The van der Waals surface area contributed by atoms with Crippen LogP contribution in [0.5, 0.6) is 11.5 Å². The number of hydrogen-bond donors (Lipinski definition) is 0. The molecule has 116 valence electrons. The van der Waals surface area contributed by atoms with Crippen molar-refractivity contribution in [1.82, 2.24) is 4.90 Å². The van der Waals surface area contributed by atoms with Crippen molar-refractivity contribution in [2.24, 2.45) is 5.92 Å². The van der Waals surface area contributed by atoms with E-state index in [0.29, 0.717) is 11.5 Å². The standard InChI is InChI=1S/C17H25NO3/c1-12-7-9-18(10-8-12)17(19)13(2)14-5-6-15(20-3)16(11-14)21-4/h5-6,11-13H,7-10H2,1-4H3. The van der Waals surface area contributed by atoms with Crippen molar-refractivity contribution in [3.05, 3.63) is 23.8 Å². The molecule has 2 rings (SSSR count).